The third-order valence-corrected chi connectivity index (χ3v) is 3.96. The molecule has 1 unspecified atom stereocenters. The summed E-state index contributed by atoms with van der Waals surface area (Å²) in [5, 5.41) is 10.5. The zero-order valence-electron chi connectivity index (χ0n) is 15.0. The Labute approximate surface area is 144 Å². The predicted molar refractivity (Wildman–Crippen MR) is 96.1 cm³/mol. The van der Waals surface area contributed by atoms with E-state index in [1.54, 1.807) is 6.20 Å². The molecule has 0 N–H and O–H groups in total. The summed E-state index contributed by atoms with van der Waals surface area (Å²) in [6.07, 6.45) is 5.43. The summed E-state index contributed by atoms with van der Waals surface area (Å²) in [7, 11) is 0. The van der Waals surface area contributed by atoms with Gasteiger partial charge in [0.05, 0.1) is 17.5 Å². The fraction of sp³-hybridized carbons (Fsp3) is 0.500. The van der Waals surface area contributed by atoms with Gasteiger partial charge in [0, 0.05) is 11.6 Å². The van der Waals surface area contributed by atoms with Crippen LogP contribution >= 0.6 is 0 Å². The monoisotopic (exact) mass is 326 g/mol. The van der Waals surface area contributed by atoms with Gasteiger partial charge < -0.3 is 4.74 Å². The Hall–Kier alpha value is -2.28. The standard InChI is InChI=1S/C20H26N2O2/c1-5-6-7-10-15(13-21)17-14-22(19(23)24-20(2,3)4)18-12-9-8-11-16(17)18/h8-9,11-12,14-15H,5-7,10H2,1-4H3. The molecule has 0 bridgehead atoms. The number of nitrogens with zero attached hydrogens (tertiary/aromatic N) is 2. The molecule has 0 spiro atoms. The van der Waals surface area contributed by atoms with Crippen molar-refractivity contribution in [2.75, 3.05) is 0 Å². The van der Waals surface area contributed by atoms with Crippen LogP contribution in [0.25, 0.3) is 10.9 Å². The number of carbonyl (C=O) groups is 1. The van der Waals surface area contributed by atoms with Crippen LogP contribution in [0.15, 0.2) is 30.5 Å². The summed E-state index contributed by atoms with van der Waals surface area (Å²) in [5.41, 5.74) is 1.14. The quantitative estimate of drug-likeness (QED) is 0.671. The van der Waals surface area contributed by atoms with Crippen molar-refractivity contribution in [3.05, 3.63) is 36.0 Å². The van der Waals surface area contributed by atoms with E-state index in [2.05, 4.69) is 13.0 Å². The summed E-state index contributed by atoms with van der Waals surface area (Å²) in [6, 6.07) is 10.1. The van der Waals surface area contributed by atoms with E-state index in [9.17, 15) is 10.1 Å². The maximum absolute atomic E-state index is 12.5. The van der Waals surface area contributed by atoms with Crippen LogP contribution in [0.2, 0.25) is 0 Å². The molecule has 0 fully saturated rings. The van der Waals surface area contributed by atoms with E-state index in [0.717, 1.165) is 42.1 Å². The normalized spacial score (nSPS) is 12.8. The number of unbranched alkanes of at least 4 members (excludes halogenated alkanes) is 2. The number of aromatic nitrogens is 1. The highest BCUT2D eigenvalue weighted by Crippen LogP contribution is 2.31. The number of para-hydroxylation sites is 1. The van der Waals surface area contributed by atoms with Crippen molar-refractivity contribution in [1.82, 2.24) is 4.57 Å². The van der Waals surface area contributed by atoms with E-state index in [-0.39, 0.29) is 5.92 Å². The Kier molecular flexibility index (Phi) is 5.66. The lowest BCUT2D eigenvalue weighted by molar-refractivity contribution is 0.0544. The molecule has 0 saturated carbocycles. The second-order valence-corrected chi connectivity index (χ2v) is 7.13. The minimum absolute atomic E-state index is 0.204. The number of hydrogen-bond acceptors (Lipinski definition) is 3. The largest absolute Gasteiger partial charge is 0.443 e. The van der Waals surface area contributed by atoms with Gasteiger partial charge >= 0.3 is 6.09 Å². The van der Waals surface area contributed by atoms with Crippen molar-refractivity contribution in [2.24, 2.45) is 0 Å². The van der Waals surface area contributed by atoms with Crippen LogP contribution in [-0.4, -0.2) is 16.3 Å². The molecule has 0 aliphatic rings. The molecule has 1 atom stereocenters. The van der Waals surface area contributed by atoms with Crippen molar-refractivity contribution in [3.63, 3.8) is 0 Å². The van der Waals surface area contributed by atoms with Gasteiger partial charge in [-0.05, 0) is 38.8 Å². The molecule has 2 rings (SSSR count). The molecular formula is C20H26N2O2. The first-order valence-electron chi connectivity index (χ1n) is 8.60. The SMILES string of the molecule is CCCCCC(C#N)c1cn(C(=O)OC(C)(C)C)c2ccccc12. The van der Waals surface area contributed by atoms with Crippen molar-refractivity contribution in [1.29, 1.82) is 5.26 Å². The van der Waals surface area contributed by atoms with Crippen molar-refractivity contribution >= 4 is 17.0 Å². The molecule has 0 amide bonds. The predicted octanol–water partition coefficient (Wildman–Crippen LogP) is 5.61. The number of nitriles is 1. The molecule has 128 valence electrons. The van der Waals surface area contributed by atoms with E-state index in [1.165, 1.54) is 4.57 Å². The van der Waals surface area contributed by atoms with Crippen LogP contribution in [0.1, 0.15) is 64.9 Å². The lowest BCUT2D eigenvalue weighted by Gasteiger charge is -2.19. The Morgan fingerprint density at radius 3 is 2.62 bits per heavy atom. The first-order valence-corrected chi connectivity index (χ1v) is 8.60. The molecule has 0 aliphatic carbocycles. The van der Waals surface area contributed by atoms with Gasteiger partial charge in [0.1, 0.15) is 5.60 Å². The zero-order chi connectivity index (χ0) is 17.7. The number of carbonyl (C=O) groups excluding carboxylic acids is 1. The van der Waals surface area contributed by atoms with E-state index < -0.39 is 11.7 Å². The molecule has 4 nitrogen and oxygen atoms in total. The number of fused-ring (bicyclic) bond motifs is 1. The number of rotatable bonds is 5. The van der Waals surface area contributed by atoms with Crippen molar-refractivity contribution in [3.8, 4) is 6.07 Å². The van der Waals surface area contributed by atoms with Gasteiger partial charge in [-0.1, -0.05) is 44.4 Å². The maximum atomic E-state index is 12.5. The second kappa shape index (κ2) is 7.53. The second-order valence-electron chi connectivity index (χ2n) is 7.13. The molecule has 4 heteroatoms. The van der Waals surface area contributed by atoms with E-state index >= 15 is 0 Å². The molecule has 1 aromatic heterocycles. The van der Waals surface area contributed by atoms with Crippen molar-refractivity contribution < 1.29 is 9.53 Å². The van der Waals surface area contributed by atoms with Gasteiger partial charge in [-0.2, -0.15) is 5.26 Å². The third-order valence-electron chi connectivity index (χ3n) is 3.96. The molecular weight excluding hydrogens is 300 g/mol. The number of hydrogen-bond donors (Lipinski definition) is 0. The molecule has 2 aromatic rings. The third kappa shape index (κ3) is 4.17. The first-order chi connectivity index (χ1) is 11.4. The fourth-order valence-electron chi connectivity index (χ4n) is 2.83. The molecule has 0 aliphatic heterocycles. The molecule has 1 heterocycles. The van der Waals surface area contributed by atoms with Crippen LogP contribution in [0.4, 0.5) is 4.79 Å². The average Bonchev–Trinajstić information content (AvgIpc) is 2.90. The van der Waals surface area contributed by atoms with E-state index in [4.69, 9.17) is 4.74 Å². The van der Waals surface area contributed by atoms with Crippen LogP contribution in [-0.2, 0) is 4.74 Å². The van der Waals surface area contributed by atoms with Gasteiger partial charge in [-0.3, -0.25) is 4.57 Å². The molecule has 24 heavy (non-hydrogen) atoms. The highest BCUT2D eigenvalue weighted by Gasteiger charge is 2.23. The van der Waals surface area contributed by atoms with Crippen LogP contribution in [0.3, 0.4) is 0 Å². The van der Waals surface area contributed by atoms with Crippen LogP contribution < -0.4 is 0 Å². The Bertz CT molecular complexity index is 747. The fourth-order valence-corrected chi connectivity index (χ4v) is 2.83. The summed E-state index contributed by atoms with van der Waals surface area (Å²) in [6.45, 7) is 7.69. The van der Waals surface area contributed by atoms with Crippen LogP contribution in [0, 0.1) is 11.3 Å². The average molecular weight is 326 g/mol. The molecule has 0 saturated heterocycles. The lowest BCUT2D eigenvalue weighted by Crippen LogP contribution is -2.26. The van der Waals surface area contributed by atoms with Gasteiger partial charge in [0.25, 0.3) is 0 Å². The minimum atomic E-state index is -0.557. The highest BCUT2D eigenvalue weighted by atomic mass is 16.6. The summed E-state index contributed by atoms with van der Waals surface area (Å²) in [4.78, 5) is 12.5. The topological polar surface area (TPSA) is 55.0 Å². The Morgan fingerprint density at radius 2 is 2.00 bits per heavy atom. The van der Waals surface area contributed by atoms with Gasteiger partial charge in [-0.15, -0.1) is 0 Å². The molecule has 1 aromatic carbocycles. The lowest BCUT2D eigenvalue weighted by atomic mass is 9.94. The first kappa shape index (κ1) is 18.1. The minimum Gasteiger partial charge on any atom is -0.443 e. The van der Waals surface area contributed by atoms with Crippen molar-refractivity contribution in [2.45, 2.75) is 64.9 Å². The van der Waals surface area contributed by atoms with E-state index in [0.29, 0.717) is 0 Å². The number of ether oxygens (including phenoxy) is 1. The number of benzene rings is 1. The van der Waals surface area contributed by atoms with E-state index in [1.807, 2.05) is 45.0 Å². The highest BCUT2D eigenvalue weighted by molar-refractivity contribution is 5.92. The Morgan fingerprint density at radius 1 is 1.29 bits per heavy atom. The van der Waals surface area contributed by atoms with Gasteiger partial charge in [0.15, 0.2) is 0 Å². The summed E-state index contributed by atoms with van der Waals surface area (Å²) in [5.74, 6) is -0.204. The summed E-state index contributed by atoms with van der Waals surface area (Å²) >= 11 is 0. The summed E-state index contributed by atoms with van der Waals surface area (Å²) < 4.78 is 7.03. The maximum Gasteiger partial charge on any atom is 0.419 e. The molecule has 0 radical (unpaired) electrons. The van der Waals surface area contributed by atoms with Crippen LogP contribution in [0.5, 0.6) is 0 Å². The Balaban J connectivity index is 2.41. The van der Waals surface area contributed by atoms with Gasteiger partial charge in [0.2, 0.25) is 0 Å². The smallest absolute Gasteiger partial charge is 0.419 e. The zero-order valence-corrected chi connectivity index (χ0v) is 15.0. The van der Waals surface area contributed by atoms with Gasteiger partial charge in [-0.25, -0.2) is 4.79 Å².